The van der Waals surface area contributed by atoms with Gasteiger partial charge < -0.3 is 19.9 Å². The minimum atomic E-state index is -0.227. The van der Waals surface area contributed by atoms with E-state index in [1.165, 1.54) is 0 Å². The lowest BCUT2D eigenvalue weighted by Crippen LogP contribution is -2.42. The highest BCUT2D eigenvalue weighted by Gasteiger charge is 2.10. The van der Waals surface area contributed by atoms with Gasteiger partial charge in [0.25, 0.3) is 0 Å². The summed E-state index contributed by atoms with van der Waals surface area (Å²) >= 11 is 0. The number of aryl methyl sites for hydroxylation is 1. The first-order valence-corrected chi connectivity index (χ1v) is 7.09. The van der Waals surface area contributed by atoms with Gasteiger partial charge in [0.1, 0.15) is 0 Å². The van der Waals surface area contributed by atoms with E-state index in [-0.39, 0.29) is 12.1 Å². The number of hydrogen-bond donors (Lipinski definition) is 2. The molecule has 0 fully saturated rings. The molecule has 118 valence electrons. The van der Waals surface area contributed by atoms with Gasteiger partial charge in [-0.05, 0) is 19.9 Å². The van der Waals surface area contributed by atoms with Gasteiger partial charge in [-0.3, -0.25) is 0 Å². The van der Waals surface area contributed by atoms with Crippen molar-refractivity contribution < 1.29 is 9.53 Å². The molecule has 0 radical (unpaired) electrons. The number of imidazole rings is 1. The highest BCUT2D eigenvalue weighted by atomic mass is 16.5. The number of rotatable bonds is 6. The van der Waals surface area contributed by atoms with Crippen molar-refractivity contribution in [2.24, 2.45) is 0 Å². The number of carbonyl (C=O) groups is 1. The first-order valence-electron chi connectivity index (χ1n) is 7.09. The fraction of sp³-hybridized carbons (Fsp3) is 0.400. The van der Waals surface area contributed by atoms with E-state index >= 15 is 0 Å². The predicted molar refractivity (Wildman–Crippen MR) is 82.6 cm³/mol. The van der Waals surface area contributed by atoms with Crippen molar-refractivity contribution in [2.75, 3.05) is 7.11 Å². The standard InChI is InChI=1S/C15H21N5O2/c1-11-4-5-13(14(18-11)22-3)8-17-15(21)19-12(2)9-20-7-6-16-10-20/h4-7,10,12H,8-9H2,1-3H3,(H2,17,19,21)/t12-/m1/s1. The van der Waals surface area contributed by atoms with E-state index in [4.69, 9.17) is 4.74 Å². The Balaban J connectivity index is 1.82. The number of pyridine rings is 1. The van der Waals surface area contributed by atoms with Crippen LogP contribution in [-0.2, 0) is 13.1 Å². The summed E-state index contributed by atoms with van der Waals surface area (Å²) in [5.74, 6) is 0.534. The monoisotopic (exact) mass is 303 g/mol. The third-order valence-corrected chi connectivity index (χ3v) is 3.13. The number of nitrogens with one attached hydrogen (secondary N) is 2. The fourth-order valence-corrected chi connectivity index (χ4v) is 2.08. The van der Waals surface area contributed by atoms with E-state index < -0.39 is 0 Å². The van der Waals surface area contributed by atoms with Crippen molar-refractivity contribution in [3.05, 3.63) is 42.1 Å². The lowest BCUT2D eigenvalue weighted by molar-refractivity contribution is 0.236. The van der Waals surface area contributed by atoms with Crippen LogP contribution >= 0.6 is 0 Å². The third-order valence-electron chi connectivity index (χ3n) is 3.13. The molecule has 0 spiro atoms. The van der Waals surface area contributed by atoms with Crippen molar-refractivity contribution in [2.45, 2.75) is 33.0 Å². The maximum absolute atomic E-state index is 11.9. The zero-order chi connectivity index (χ0) is 15.9. The summed E-state index contributed by atoms with van der Waals surface area (Å²) in [6, 6.07) is 3.55. The largest absolute Gasteiger partial charge is 0.481 e. The molecule has 2 aromatic rings. The van der Waals surface area contributed by atoms with Crippen LogP contribution in [0.3, 0.4) is 0 Å². The van der Waals surface area contributed by atoms with Crippen molar-refractivity contribution in [3.63, 3.8) is 0 Å². The maximum atomic E-state index is 11.9. The van der Waals surface area contributed by atoms with Crippen LogP contribution in [0.25, 0.3) is 0 Å². The number of urea groups is 1. The van der Waals surface area contributed by atoms with Crippen LogP contribution in [0.2, 0.25) is 0 Å². The summed E-state index contributed by atoms with van der Waals surface area (Å²) in [6.07, 6.45) is 5.29. The number of amides is 2. The van der Waals surface area contributed by atoms with Crippen LogP contribution in [-0.4, -0.2) is 33.7 Å². The van der Waals surface area contributed by atoms with Crippen molar-refractivity contribution >= 4 is 6.03 Å². The number of methoxy groups -OCH3 is 1. The van der Waals surface area contributed by atoms with Gasteiger partial charge >= 0.3 is 6.03 Å². The summed E-state index contributed by atoms with van der Waals surface area (Å²) in [5, 5.41) is 5.69. The molecular formula is C15H21N5O2. The van der Waals surface area contributed by atoms with Gasteiger partial charge in [-0.2, -0.15) is 0 Å². The van der Waals surface area contributed by atoms with Crippen molar-refractivity contribution in [1.82, 2.24) is 25.2 Å². The number of ether oxygens (including phenoxy) is 1. The second-order valence-corrected chi connectivity index (χ2v) is 5.11. The SMILES string of the molecule is COc1nc(C)ccc1CNC(=O)N[C@H](C)Cn1ccnc1. The molecule has 0 unspecified atom stereocenters. The number of carbonyl (C=O) groups excluding carboxylic acids is 1. The summed E-state index contributed by atoms with van der Waals surface area (Å²) in [5.41, 5.74) is 1.71. The Morgan fingerprint density at radius 1 is 1.45 bits per heavy atom. The van der Waals surface area contributed by atoms with Gasteiger partial charge in [0, 0.05) is 42.8 Å². The van der Waals surface area contributed by atoms with E-state index in [0.29, 0.717) is 19.0 Å². The lowest BCUT2D eigenvalue weighted by Gasteiger charge is -2.15. The van der Waals surface area contributed by atoms with Crippen molar-refractivity contribution in [3.8, 4) is 5.88 Å². The van der Waals surface area contributed by atoms with Crippen LogP contribution in [0.5, 0.6) is 5.88 Å². The Bertz CT molecular complexity index is 612. The zero-order valence-electron chi connectivity index (χ0n) is 13.0. The average molecular weight is 303 g/mol. The van der Waals surface area contributed by atoms with Gasteiger partial charge in [0.15, 0.2) is 0 Å². The summed E-state index contributed by atoms with van der Waals surface area (Å²) in [4.78, 5) is 20.2. The molecule has 0 aliphatic carbocycles. The molecule has 7 heteroatoms. The second kappa shape index (κ2) is 7.44. The summed E-state index contributed by atoms with van der Waals surface area (Å²) < 4.78 is 7.13. The summed E-state index contributed by atoms with van der Waals surface area (Å²) in [6.45, 7) is 4.86. The van der Waals surface area contributed by atoms with Gasteiger partial charge in [0.2, 0.25) is 5.88 Å². The Hall–Kier alpha value is -2.57. The molecule has 0 aliphatic rings. The average Bonchev–Trinajstić information content (AvgIpc) is 2.98. The minimum Gasteiger partial charge on any atom is -0.481 e. The first kappa shape index (κ1) is 15.8. The molecule has 22 heavy (non-hydrogen) atoms. The topological polar surface area (TPSA) is 81.1 Å². The van der Waals surface area contributed by atoms with Crippen LogP contribution in [0, 0.1) is 6.92 Å². The van der Waals surface area contributed by atoms with Crippen LogP contribution in [0.15, 0.2) is 30.9 Å². The van der Waals surface area contributed by atoms with Crippen LogP contribution in [0.1, 0.15) is 18.2 Å². The van der Waals surface area contributed by atoms with Gasteiger partial charge in [-0.1, -0.05) is 6.07 Å². The fourth-order valence-electron chi connectivity index (χ4n) is 2.08. The minimum absolute atomic E-state index is 0.00719. The Morgan fingerprint density at radius 2 is 2.27 bits per heavy atom. The molecule has 2 rings (SSSR count). The Kier molecular flexibility index (Phi) is 5.35. The van der Waals surface area contributed by atoms with E-state index in [9.17, 15) is 4.79 Å². The van der Waals surface area contributed by atoms with E-state index in [1.54, 1.807) is 19.6 Å². The summed E-state index contributed by atoms with van der Waals surface area (Å²) in [7, 11) is 1.57. The molecule has 0 aromatic carbocycles. The molecule has 7 nitrogen and oxygen atoms in total. The molecule has 2 aromatic heterocycles. The normalized spacial score (nSPS) is 11.8. The molecular weight excluding hydrogens is 282 g/mol. The van der Waals surface area contributed by atoms with E-state index in [0.717, 1.165) is 11.3 Å². The molecule has 2 N–H and O–H groups in total. The molecule has 0 bridgehead atoms. The first-order chi connectivity index (χ1) is 10.6. The smallest absolute Gasteiger partial charge is 0.315 e. The molecule has 2 amide bonds. The third kappa shape index (κ3) is 4.47. The molecule has 1 atom stereocenters. The predicted octanol–water partition coefficient (Wildman–Crippen LogP) is 1.48. The van der Waals surface area contributed by atoms with E-state index in [2.05, 4.69) is 20.6 Å². The lowest BCUT2D eigenvalue weighted by atomic mass is 10.2. The molecule has 0 aliphatic heterocycles. The van der Waals surface area contributed by atoms with Gasteiger partial charge in [0.05, 0.1) is 13.4 Å². The van der Waals surface area contributed by atoms with Gasteiger partial charge in [-0.25, -0.2) is 14.8 Å². The number of nitrogens with zero attached hydrogens (tertiary/aromatic N) is 3. The van der Waals surface area contributed by atoms with Crippen LogP contribution in [0.4, 0.5) is 4.79 Å². The zero-order valence-corrected chi connectivity index (χ0v) is 13.0. The highest BCUT2D eigenvalue weighted by Crippen LogP contribution is 2.15. The quantitative estimate of drug-likeness (QED) is 0.847. The Labute approximate surface area is 129 Å². The molecule has 0 saturated carbocycles. The van der Waals surface area contributed by atoms with Gasteiger partial charge in [-0.15, -0.1) is 0 Å². The Morgan fingerprint density at radius 3 is 2.95 bits per heavy atom. The maximum Gasteiger partial charge on any atom is 0.315 e. The molecule has 2 heterocycles. The van der Waals surface area contributed by atoms with Crippen molar-refractivity contribution in [1.29, 1.82) is 0 Å². The number of hydrogen-bond acceptors (Lipinski definition) is 4. The number of aromatic nitrogens is 3. The second-order valence-electron chi connectivity index (χ2n) is 5.11. The highest BCUT2D eigenvalue weighted by molar-refractivity contribution is 5.74. The van der Waals surface area contributed by atoms with E-state index in [1.807, 2.05) is 36.7 Å². The molecule has 0 saturated heterocycles. The van der Waals surface area contributed by atoms with Crippen LogP contribution < -0.4 is 15.4 Å².